The van der Waals surface area contributed by atoms with Gasteiger partial charge in [0.15, 0.2) is 0 Å². The fourth-order valence-corrected chi connectivity index (χ4v) is 4.23. The molecule has 0 aliphatic heterocycles. The molecule has 1 unspecified atom stereocenters. The monoisotopic (exact) mass is 321 g/mol. The summed E-state index contributed by atoms with van der Waals surface area (Å²) in [7, 11) is -7.45. The molecule has 1 aromatic carbocycles. The Labute approximate surface area is 117 Å². The Morgan fingerprint density at radius 3 is 2.30 bits per heavy atom. The average Bonchev–Trinajstić information content (AvgIpc) is 2.25. The minimum atomic E-state index is -4.10. The molecule has 112 valence electrons. The first-order chi connectivity index (χ1) is 9.03. The summed E-state index contributed by atoms with van der Waals surface area (Å²) in [5.41, 5.74) is -0.369. The number of benzene rings is 1. The van der Waals surface area contributed by atoms with E-state index >= 15 is 0 Å². The molecule has 0 saturated heterocycles. The van der Waals surface area contributed by atoms with E-state index in [-0.39, 0.29) is 11.3 Å². The lowest BCUT2D eigenvalue weighted by atomic mass is 10.2. The van der Waals surface area contributed by atoms with Gasteiger partial charge in [-0.3, -0.25) is 0 Å². The Hall–Kier alpha value is -1.45. The molecule has 0 heterocycles. The van der Waals surface area contributed by atoms with E-state index in [9.17, 15) is 21.6 Å². The Morgan fingerprint density at radius 1 is 1.25 bits per heavy atom. The quantitative estimate of drug-likeness (QED) is 0.767. The van der Waals surface area contributed by atoms with Gasteiger partial charge in [0.1, 0.15) is 9.84 Å². The number of aromatic carboxylic acids is 1. The number of carbonyl (C=O) groups is 1. The van der Waals surface area contributed by atoms with Gasteiger partial charge in [0.05, 0.1) is 16.2 Å². The second kappa shape index (κ2) is 5.90. The van der Waals surface area contributed by atoms with Crippen LogP contribution in [0.5, 0.6) is 0 Å². The summed E-state index contributed by atoms with van der Waals surface area (Å²) in [6.07, 6.45) is 0.989. The van der Waals surface area contributed by atoms with E-state index in [0.717, 1.165) is 18.4 Å². The molecule has 2 N–H and O–H groups in total. The maximum Gasteiger partial charge on any atom is 0.337 e. The Balaban J connectivity index is 3.10. The summed E-state index contributed by atoms with van der Waals surface area (Å²) in [4.78, 5) is 10.6. The van der Waals surface area contributed by atoms with Gasteiger partial charge in [0.2, 0.25) is 10.0 Å². The normalized spacial score (nSPS) is 13.9. The van der Waals surface area contributed by atoms with Crippen LogP contribution in [-0.2, 0) is 19.9 Å². The summed E-state index contributed by atoms with van der Waals surface area (Å²) in [6.45, 7) is 1.39. The van der Waals surface area contributed by atoms with E-state index in [4.69, 9.17) is 5.11 Å². The SMILES string of the molecule is CC(CS(C)(=O)=O)NS(=O)(=O)c1ccccc1C(=O)O. The van der Waals surface area contributed by atoms with Crippen molar-refractivity contribution in [2.75, 3.05) is 12.0 Å². The number of hydrogen-bond donors (Lipinski definition) is 2. The number of sulfonamides is 1. The highest BCUT2D eigenvalue weighted by atomic mass is 32.2. The summed E-state index contributed by atoms with van der Waals surface area (Å²) < 4.78 is 48.5. The van der Waals surface area contributed by atoms with Crippen LogP contribution in [0.15, 0.2) is 29.2 Å². The van der Waals surface area contributed by atoms with Crippen LogP contribution in [0.1, 0.15) is 17.3 Å². The summed E-state index contributed by atoms with van der Waals surface area (Å²) in [5, 5.41) is 8.96. The van der Waals surface area contributed by atoms with Crippen molar-refractivity contribution in [3.63, 3.8) is 0 Å². The highest BCUT2D eigenvalue weighted by Crippen LogP contribution is 2.15. The third-order valence-corrected chi connectivity index (χ3v) is 5.07. The van der Waals surface area contributed by atoms with Gasteiger partial charge in [-0.15, -0.1) is 0 Å². The lowest BCUT2D eigenvalue weighted by molar-refractivity contribution is 0.0692. The van der Waals surface area contributed by atoms with Gasteiger partial charge in [0, 0.05) is 12.3 Å². The van der Waals surface area contributed by atoms with Crippen LogP contribution in [0, 0.1) is 0 Å². The maximum absolute atomic E-state index is 12.1. The number of rotatable bonds is 6. The van der Waals surface area contributed by atoms with Crippen molar-refractivity contribution in [2.24, 2.45) is 0 Å². The van der Waals surface area contributed by atoms with Gasteiger partial charge >= 0.3 is 5.97 Å². The van der Waals surface area contributed by atoms with Gasteiger partial charge in [-0.2, -0.15) is 0 Å². The van der Waals surface area contributed by atoms with Crippen LogP contribution in [0.2, 0.25) is 0 Å². The van der Waals surface area contributed by atoms with Crippen molar-refractivity contribution in [1.29, 1.82) is 0 Å². The average molecular weight is 321 g/mol. The van der Waals surface area contributed by atoms with Crippen molar-refractivity contribution in [3.05, 3.63) is 29.8 Å². The molecule has 0 aliphatic rings. The molecule has 0 aromatic heterocycles. The summed E-state index contributed by atoms with van der Waals surface area (Å²) in [5.74, 6) is -1.75. The molecule has 20 heavy (non-hydrogen) atoms. The van der Waals surface area contributed by atoms with Gasteiger partial charge in [-0.05, 0) is 19.1 Å². The molecule has 0 amide bonds. The third kappa shape index (κ3) is 4.58. The molecule has 0 saturated carbocycles. The zero-order valence-electron chi connectivity index (χ0n) is 10.9. The molecule has 0 bridgehead atoms. The van der Waals surface area contributed by atoms with Gasteiger partial charge in [0.25, 0.3) is 0 Å². The first-order valence-electron chi connectivity index (χ1n) is 5.55. The number of hydrogen-bond acceptors (Lipinski definition) is 5. The highest BCUT2D eigenvalue weighted by molar-refractivity contribution is 7.91. The molecular weight excluding hydrogens is 306 g/mol. The minimum absolute atomic E-state index is 0.369. The molecule has 0 radical (unpaired) electrons. The summed E-state index contributed by atoms with van der Waals surface area (Å²) >= 11 is 0. The van der Waals surface area contributed by atoms with Crippen molar-refractivity contribution >= 4 is 25.8 Å². The molecule has 7 nitrogen and oxygen atoms in total. The van der Waals surface area contributed by atoms with Crippen molar-refractivity contribution < 1.29 is 26.7 Å². The molecule has 1 aromatic rings. The van der Waals surface area contributed by atoms with Crippen LogP contribution in [0.25, 0.3) is 0 Å². The van der Waals surface area contributed by atoms with Crippen LogP contribution in [0.3, 0.4) is 0 Å². The van der Waals surface area contributed by atoms with Crippen LogP contribution in [0.4, 0.5) is 0 Å². The Bertz CT molecular complexity index is 708. The number of nitrogens with one attached hydrogen (secondary N) is 1. The molecule has 0 spiro atoms. The highest BCUT2D eigenvalue weighted by Gasteiger charge is 2.24. The van der Waals surface area contributed by atoms with Gasteiger partial charge in [-0.25, -0.2) is 26.4 Å². The first kappa shape index (κ1) is 16.6. The third-order valence-electron chi connectivity index (χ3n) is 2.32. The first-order valence-corrected chi connectivity index (χ1v) is 9.09. The topological polar surface area (TPSA) is 118 Å². The van der Waals surface area contributed by atoms with E-state index in [1.807, 2.05) is 0 Å². The van der Waals surface area contributed by atoms with Gasteiger partial charge in [-0.1, -0.05) is 12.1 Å². The number of sulfone groups is 1. The number of carboxylic acids is 1. The van der Waals surface area contributed by atoms with Gasteiger partial charge < -0.3 is 5.11 Å². The zero-order valence-corrected chi connectivity index (χ0v) is 12.5. The molecule has 9 heteroatoms. The fourth-order valence-electron chi connectivity index (χ4n) is 1.69. The zero-order chi connectivity index (χ0) is 15.6. The minimum Gasteiger partial charge on any atom is -0.478 e. The predicted octanol–water partition coefficient (Wildman–Crippen LogP) is 0.0962. The Kier molecular flexibility index (Phi) is 4.90. The van der Waals surface area contributed by atoms with E-state index in [2.05, 4.69) is 4.72 Å². The molecule has 0 fully saturated rings. The van der Waals surface area contributed by atoms with E-state index in [0.29, 0.717) is 0 Å². The Morgan fingerprint density at radius 2 is 1.80 bits per heavy atom. The van der Waals surface area contributed by atoms with Crippen LogP contribution in [-0.4, -0.2) is 46.0 Å². The van der Waals surface area contributed by atoms with E-state index in [1.165, 1.54) is 19.1 Å². The standard InChI is InChI=1S/C11H15NO6S2/c1-8(7-19(2,15)16)12-20(17,18)10-6-4-3-5-9(10)11(13)14/h3-6,8,12H,7H2,1-2H3,(H,13,14). The van der Waals surface area contributed by atoms with E-state index < -0.39 is 36.8 Å². The number of carboxylic acid groups (broad SMARTS) is 1. The largest absolute Gasteiger partial charge is 0.478 e. The van der Waals surface area contributed by atoms with E-state index in [1.54, 1.807) is 0 Å². The second-order valence-corrected chi connectivity index (χ2v) is 8.28. The lowest BCUT2D eigenvalue weighted by Gasteiger charge is -2.14. The molecular formula is C11H15NO6S2. The predicted molar refractivity (Wildman–Crippen MR) is 72.9 cm³/mol. The fraction of sp³-hybridized carbons (Fsp3) is 0.364. The summed E-state index contributed by atoms with van der Waals surface area (Å²) in [6, 6.07) is 4.25. The molecule has 1 atom stereocenters. The lowest BCUT2D eigenvalue weighted by Crippen LogP contribution is -2.37. The van der Waals surface area contributed by atoms with Crippen molar-refractivity contribution in [2.45, 2.75) is 17.9 Å². The van der Waals surface area contributed by atoms with Crippen LogP contribution >= 0.6 is 0 Å². The second-order valence-electron chi connectivity index (χ2n) is 4.42. The van der Waals surface area contributed by atoms with Crippen molar-refractivity contribution in [3.8, 4) is 0 Å². The molecule has 0 aliphatic carbocycles. The smallest absolute Gasteiger partial charge is 0.337 e. The van der Waals surface area contributed by atoms with Crippen molar-refractivity contribution in [1.82, 2.24) is 4.72 Å². The molecule has 1 rings (SSSR count). The van der Waals surface area contributed by atoms with Crippen LogP contribution < -0.4 is 4.72 Å². The maximum atomic E-state index is 12.1.